The second kappa shape index (κ2) is 2.68. The number of nitrogens with zero attached hydrogens (tertiary/aromatic N) is 1. The molecule has 0 aromatic rings. The number of likely N-dealkylation sites (N-methyl/N-ethyl adjacent to an activating group) is 1. The monoisotopic (exact) mass is 175 g/mol. The van der Waals surface area contributed by atoms with Crippen LogP contribution in [0.4, 0.5) is 0 Å². The molecular weight excluding hydrogens is 162 g/mol. The molecule has 0 aromatic carbocycles. The molecule has 0 aliphatic carbocycles. The number of carboxylic acids is 1. The highest BCUT2D eigenvalue weighted by atomic mass is 32.2. The largest absolute Gasteiger partial charge is 0.479 e. The van der Waals surface area contributed by atoms with E-state index in [0.717, 1.165) is 6.54 Å². The van der Waals surface area contributed by atoms with Crippen molar-refractivity contribution < 1.29 is 9.90 Å². The van der Waals surface area contributed by atoms with Crippen molar-refractivity contribution in [2.45, 2.75) is 24.0 Å². The summed E-state index contributed by atoms with van der Waals surface area (Å²) in [6.45, 7) is 4.98. The standard InChI is InChI=1S/C7H13NO2S/c1-7(2)4-8(3)5(11-7)6(9)10/h5H,4H2,1-3H3,(H,9,10). The van der Waals surface area contributed by atoms with E-state index in [1.807, 2.05) is 11.9 Å². The summed E-state index contributed by atoms with van der Waals surface area (Å²) in [5.74, 6) is -0.733. The molecule has 0 saturated carbocycles. The van der Waals surface area contributed by atoms with E-state index in [4.69, 9.17) is 5.11 Å². The van der Waals surface area contributed by atoms with Crippen molar-refractivity contribution in [3.05, 3.63) is 0 Å². The molecule has 64 valence electrons. The van der Waals surface area contributed by atoms with E-state index in [9.17, 15) is 4.79 Å². The Labute approximate surface area is 70.8 Å². The first kappa shape index (κ1) is 8.87. The maximum absolute atomic E-state index is 10.6. The average Bonchev–Trinajstić information content (AvgIpc) is 2.05. The quantitative estimate of drug-likeness (QED) is 0.641. The minimum Gasteiger partial charge on any atom is -0.479 e. The molecule has 1 fully saturated rings. The summed E-state index contributed by atoms with van der Waals surface area (Å²) in [5.41, 5.74) is 0. The number of hydrogen-bond acceptors (Lipinski definition) is 3. The Morgan fingerprint density at radius 1 is 1.73 bits per heavy atom. The number of hydrogen-bond donors (Lipinski definition) is 1. The van der Waals surface area contributed by atoms with Gasteiger partial charge in [0.1, 0.15) is 0 Å². The minimum absolute atomic E-state index is 0.0812. The number of carbonyl (C=O) groups is 1. The van der Waals surface area contributed by atoms with Gasteiger partial charge in [0.05, 0.1) is 0 Å². The first-order valence-electron chi connectivity index (χ1n) is 3.53. The Morgan fingerprint density at radius 2 is 2.27 bits per heavy atom. The van der Waals surface area contributed by atoms with Gasteiger partial charge in [0, 0.05) is 11.3 Å². The molecule has 1 atom stereocenters. The normalized spacial score (nSPS) is 30.6. The number of thioether (sulfide) groups is 1. The van der Waals surface area contributed by atoms with Gasteiger partial charge in [0.2, 0.25) is 0 Å². The van der Waals surface area contributed by atoms with Gasteiger partial charge >= 0.3 is 5.97 Å². The van der Waals surface area contributed by atoms with E-state index in [1.54, 1.807) is 0 Å². The number of carboxylic acid groups (broad SMARTS) is 1. The molecular formula is C7H13NO2S. The van der Waals surface area contributed by atoms with Gasteiger partial charge in [-0.05, 0) is 20.9 Å². The Morgan fingerprint density at radius 3 is 2.45 bits per heavy atom. The van der Waals surface area contributed by atoms with Gasteiger partial charge in [-0.15, -0.1) is 11.8 Å². The van der Waals surface area contributed by atoms with E-state index in [1.165, 1.54) is 11.8 Å². The van der Waals surface area contributed by atoms with Crippen LogP contribution in [0.15, 0.2) is 0 Å². The number of rotatable bonds is 1. The zero-order chi connectivity index (χ0) is 8.65. The van der Waals surface area contributed by atoms with Crippen LogP contribution < -0.4 is 0 Å². The van der Waals surface area contributed by atoms with Crippen molar-refractivity contribution in [3.63, 3.8) is 0 Å². The van der Waals surface area contributed by atoms with Crippen molar-refractivity contribution in [1.29, 1.82) is 0 Å². The lowest BCUT2D eigenvalue weighted by Crippen LogP contribution is -2.31. The lowest BCUT2D eigenvalue weighted by Gasteiger charge is -2.13. The fourth-order valence-electron chi connectivity index (χ4n) is 1.35. The molecule has 1 rings (SSSR count). The van der Waals surface area contributed by atoms with Crippen LogP contribution in [0.2, 0.25) is 0 Å². The van der Waals surface area contributed by atoms with Crippen molar-refractivity contribution in [2.24, 2.45) is 0 Å². The maximum Gasteiger partial charge on any atom is 0.331 e. The predicted octanol–water partition coefficient (Wildman–Crippen LogP) is 0.854. The summed E-state index contributed by atoms with van der Waals surface area (Å²) in [7, 11) is 1.85. The molecule has 0 spiro atoms. The Hall–Kier alpha value is -0.220. The van der Waals surface area contributed by atoms with E-state index in [0.29, 0.717) is 0 Å². The zero-order valence-electron chi connectivity index (χ0n) is 7.00. The lowest BCUT2D eigenvalue weighted by atomic mass is 10.2. The van der Waals surface area contributed by atoms with Crippen LogP contribution in [0.25, 0.3) is 0 Å². The van der Waals surface area contributed by atoms with Crippen LogP contribution in [0, 0.1) is 0 Å². The van der Waals surface area contributed by atoms with Crippen LogP contribution >= 0.6 is 11.8 Å². The second-order valence-corrected chi connectivity index (χ2v) is 5.27. The van der Waals surface area contributed by atoms with E-state index >= 15 is 0 Å². The fourth-order valence-corrected chi connectivity index (χ4v) is 2.59. The summed E-state index contributed by atoms with van der Waals surface area (Å²) >= 11 is 1.51. The Bertz CT molecular complexity index is 181. The van der Waals surface area contributed by atoms with Crippen LogP contribution in [0.5, 0.6) is 0 Å². The molecule has 0 radical (unpaired) electrons. The Kier molecular flexibility index (Phi) is 2.16. The third kappa shape index (κ3) is 1.87. The lowest BCUT2D eigenvalue weighted by molar-refractivity contribution is -0.139. The van der Waals surface area contributed by atoms with Gasteiger partial charge in [-0.1, -0.05) is 0 Å². The van der Waals surface area contributed by atoms with Gasteiger partial charge in [-0.3, -0.25) is 4.90 Å². The highest BCUT2D eigenvalue weighted by Gasteiger charge is 2.39. The molecule has 0 bridgehead atoms. The molecule has 1 saturated heterocycles. The molecule has 4 heteroatoms. The van der Waals surface area contributed by atoms with Gasteiger partial charge in [0.25, 0.3) is 0 Å². The molecule has 0 aromatic heterocycles. The molecule has 1 N–H and O–H groups in total. The molecule has 3 nitrogen and oxygen atoms in total. The van der Waals surface area contributed by atoms with Crippen LogP contribution in [-0.4, -0.2) is 39.7 Å². The molecule has 1 aliphatic heterocycles. The molecule has 1 aliphatic rings. The SMILES string of the molecule is CN1CC(C)(C)SC1C(=O)O. The van der Waals surface area contributed by atoms with E-state index < -0.39 is 5.97 Å². The van der Waals surface area contributed by atoms with Crippen LogP contribution in [0.3, 0.4) is 0 Å². The first-order chi connectivity index (χ1) is 4.92. The van der Waals surface area contributed by atoms with Crippen molar-refractivity contribution in [2.75, 3.05) is 13.6 Å². The second-order valence-electron chi connectivity index (χ2n) is 3.48. The maximum atomic E-state index is 10.6. The molecule has 11 heavy (non-hydrogen) atoms. The van der Waals surface area contributed by atoms with Crippen molar-refractivity contribution >= 4 is 17.7 Å². The van der Waals surface area contributed by atoms with Crippen LogP contribution in [-0.2, 0) is 4.79 Å². The summed E-state index contributed by atoms with van der Waals surface area (Å²) < 4.78 is 0.0812. The fraction of sp³-hybridized carbons (Fsp3) is 0.857. The topological polar surface area (TPSA) is 40.5 Å². The summed E-state index contributed by atoms with van der Waals surface area (Å²) in [6, 6.07) is 0. The summed E-state index contributed by atoms with van der Waals surface area (Å²) in [4.78, 5) is 12.5. The zero-order valence-corrected chi connectivity index (χ0v) is 7.81. The van der Waals surface area contributed by atoms with Gasteiger partial charge in [-0.2, -0.15) is 0 Å². The Balaban J connectivity index is 2.66. The molecule has 1 heterocycles. The third-order valence-electron chi connectivity index (χ3n) is 1.67. The smallest absolute Gasteiger partial charge is 0.331 e. The molecule has 1 unspecified atom stereocenters. The van der Waals surface area contributed by atoms with Crippen molar-refractivity contribution in [3.8, 4) is 0 Å². The summed E-state index contributed by atoms with van der Waals surface area (Å²) in [6.07, 6.45) is 0. The highest BCUT2D eigenvalue weighted by Crippen LogP contribution is 2.37. The molecule has 0 amide bonds. The average molecular weight is 175 g/mol. The van der Waals surface area contributed by atoms with Gasteiger partial charge < -0.3 is 5.11 Å². The first-order valence-corrected chi connectivity index (χ1v) is 4.41. The van der Waals surface area contributed by atoms with Gasteiger partial charge in [0.15, 0.2) is 5.37 Å². The van der Waals surface area contributed by atoms with Crippen LogP contribution in [0.1, 0.15) is 13.8 Å². The van der Waals surface area contributed by atoms with Crippen molar-refractivity contribution in [1.82, 2.24) is 4.90 Å². The third-order valence-corrected chi connectivity index (χ3v) is 3.22. The highest BCUT2D eigenvalue weighted by molar-refractivity contribution is 8.02. The predicted molar refractivity (Wildman–Crippen MR) is 45.7 cm³/mol. The van der Waals surface area contributed by atoms with E-state index in [-0.39, 0.29) is 10.1 Å². The number of aliphatic carboxylic acids is 1. The summed E-state index contributed by atoms with van der Waals surface area (Å²) in [5, 5.41) is 8.40. The minimum atomic E-state index is -0.733. The van der Waals surface area contributed by atoms with E-state index in [2.05, 4.69) is 13.8 Å². The van der Waals surface area contributed by atoms with Gasteiger partial charge in [-0.25, -0.2) is 4.79 Å².